The molecule has 2 aromatic rings. The summed E-state index contributed by atoms with van der Waals surface area (Å²) < 4.78 is 5.58. The number of hydrogen-bond acceptors (Lipinski definition) is 3. The van der Waals surface area contributed by atoms with E-state index in [1.54, 1.807) is 0 Å². The lowest BCUT2D eigenvalue weighted by molar-refractivity contribution is 0.483. The zero-order chi connectivity index (χ0) is 13.4. The van der Waals surface area contributed by atoms with E-state index in [4.69, 9.17) is 16.2 Å². The Hall–Kier alpha value is -2.00. The van der Waals surface area contributed by atoms with Gasteiger partial charge in [0.25, 0.3) is 0 Å². The number of benzene rings is 2. The Morgan fingerprint density at radius 2 is 1.28 bits per heavy atom. The SMILES string of the molecule is CC(C)N.Nc1ccc(Oc2ccccc2)cc1. The van der Waals surface area contributed by atoms with Crippen LogP contribution in [-0.2, 0) is 0 Å². The van der Waals surface area contributed by atoms with Crippen LogP contribution in [0.3, 0.4) is 0 Å². The Balaban J connectivity index is 0.000000357. The van der Waals surface area contributed by atoms with E-state index in [1.165, 1.54) is 0 Å². The van der Waals surface area contributed by atoms with E-state index in [-0.39, 0.29) is 0 Å². The smallest absolute Gasteiger partial charge is 0.127 e. The van der Waals surface area contributed by atoms with Gasteiger partial charge in [-0.2, -0.15) is 0 Å². The molecule has 0 fully saturated rings. The second kappa shape index (κ2) is 7.35. The monoisotopic (exact) mass is 244 g/mol. The van der Waals surface area contributed by atoms with Crippen molar-refractivity contribution in [3.8, 4) is 11.5 Å². The summed E-state index contributed by atoms with van der Waals surface area (Å²) in [6.07, 6.45) is 0. The molecule has 96 valence electrons. The van der Waals surface area contributed by atoms with Gasteiger partial charge in [-0.1, -0.05) is 32.0 Å². The van der Waals surface area contributed by atoms with Crippen LogP contribution in [0.25, 0.3) is 0 Å². The summed E-state index contributed by atoms with van der Waals surface area (Å²) in [4.78, 5) is 0. The molecule has 0 aromatic heterocycles. The van der Waals surface area contributed by atoms with Crippen LogP contribution < -0.4 is 16.2 Å². The Bertz CT molecular complexity index is 435. The zero-order valence-corrected chi connectivity index (χ0v) is 10.8. The van der Waals surface area contributed by atoms with Gasteiger partial charge in [0.05, 0.1) is 0 Å². The van der Waals surface area contributed by atoms with Crippen LogP contribution in [0.5, 0.6) is 11.5 Å². The molecule has 0 atom stereocenters. The molecule has 3 heteroatoms. The number of ether oxygens (including phenoxy) is 1. The summed E-state index contributed by atoms with van der Waals surface area (Å²) in [5.74, 6) is 1.63. The highest BCUT2D eigenvalue weighted by Gasteiger charge is 1.94. The number of hydrogen-bond donors (Lipinski definition) is 2. The van der Waals surface area contributed by atoms with Crippen LogP contribution in [0.4, 0.5) is 5.69 Å². The second-order valence-electron chi connectivity index (χ2n) is 4.23. The van der Waals surface area contributed by atoms with Gasteiger partial charge in [0, 0.05) is 5.69 Å². The highest BCUT2D eigenvalue weighted by atomic mass is 16.5. The normalized spacial score (nSPS) is 9.56. The molecule has 0 bridgehead atoms. The predicted octanol–water partition coefficient (Wildman–Crippen LogP) is 3.41. The van der Waals surface area contributed by atoms with Gasteiger partial charge >= 0.3 is 0 Å². The lowest BCUT2D eigenvalue weighted by Crippen LogP contribution is -2.06. The van der Waals surface area contributed by atoms with Crippen molar-refractivity contribution in [2.45, 2.75) is 19.9 Å². The fourth-order valence-electron chi connectivity index (χ4n) is 1.16. The topological polar surface area (TPSA) is 61.3 Å². The Morgan fingerprint density at radius 3 is 1.78 bits per heavy atom. The summed E-state index contributed by atoms with van der Waals surface area (Å²) in [6.45, 7) is 3.89. The predicted molar refractivity (Wildman–Crippen MR) is 76.7 cm³/mol. The van der Waals surface area contributed by atoms with Gasteiger partial charge in [0.15, 0.2) is 0 Å². The van der Waals surface area contributed by atoms with E-state index in [2.05, 4.69) is 0 Å². The van der Waals surface area contributed by atoms with Gasteiger partial charge in [-0.05, 0) is 42.4 Å². The van der Waals surface area contributed by atoms with Gasteiger partial charge in [-0.3, -0.25) is 0 Å². The maximum absolute atomic E-state index is 5.58. The van der Waals surface area contributed by atoms with E-state index < -0.39 is 0 Å². The Kier molecular flexibility index (Phi) is 5.74. The molecule has 0 unspecified atom stereocenters. The molecular formula is C15H20N2O. The van der Waals surface area contributed by atoms with Crippen LogP contribution in [0.15, 0.2) is 54.6 Å². The minimum Gasteiger partial charge on any atom is -0.457 e. The lowest BCUT2D eigenvalue weighted by Gasteiger charge is -2.04. The number of rotatable bonds is 2. The highest BCUT2D eigenvalue weighted by molar-refractivity contribution is 5.42. The molecule has 0 heterocycles. The summed E-state index contributed by atoms with van der Waals surface area (Å²) in [5.41, 5.74) is 11.4. The van der Waals surface area contributed by atoms with Gasteiger partial charge in [-0.25, -0.2) is 0 Å². The molecule has 0 saturated heterocycles. The maximum atomic E-state index is 5.58. The molecule has 0 saturated carbocycles. The van der Waals surface area contributed by atoms with E-state index in [1.807, 2.05) is 68.4 Å². The number of nitrogen functional groups attached to an aromatic ring is 1. The van der Waals surface area contributed by atoms with Crippen molar-refractivity contribution >= 4 is 5.69 Å². The first-order chi connectivity index (χ1) is 8.58. The number of para-hydroxylation sites is 1. The van der Waals surface area contributed by atoms with Crippen LogP contribution in [0, 0.1) is 0 Å². The number of anilines is 1. The molecule has 2 aromatic carbocycles. The molecule has 4 N–H and O–H groups in total. The fraction of sp³-hybridized carbons (Fsp3) is 0.200. The third-order valence-electron chi connectivity index (χ3n) is 1.86. The molecule has 2 rings (SSSR count). The minimum atomic E-state index is 0.333. The molecular weight excluding hydrogens is 224 g/mol. The Morgan fingerprint density at radius 1 is 0.833 bits per heavy atom. The van der Waals surface area contributed by atoms with Crippen molar-refractivity contribution in [3.05, 3.63) is 54.6 Å². The van der Waals surface area contributed by atoms with Crippen molar-refractivity contribution in [2.75, 3.05) is 5.73 Å². The van der Waals surface area contributed by atoms with E-state index in [0.717, 1.165) is 17.2 Å². The van der Waals surface area contributed by atoms with Crippen molar-refractivity contribution in [1.29, 1.82) is 0 Å². The standard InChI is InChI=1S/C12H11NO.C3H9N/c13-10-6-8-12(9-7-10)14-11-4-2-1-3-5-11;1-3(2)4/h1-9H,13H2;3H,4H2,1-2H3. The largest absolute Gasteiger partial charge is 0.457 e. The first-order valence-electron chi connectivity index (χ1n) is 5.92. The van der Waals surface area contributed by atoms with Crippen LogP contribution in [0.1, 0.15) is 13.8 Å². The second-order valence-corrected chi connectivity index (χ2v) is 4.23. The van der Waals surface area contributed by atoms with E-state index >= 15 is 0 Å². The molecule has 0 radical (unpaired) electrons. The molecule has 0 amide bonds. The highest BCUT2D eigenvalue weighted by Crippen LogP contribution is 2.21. The van der Waals surface area contributed by atoms with Gasteiger partial charge in [-0.15, -0.1) is 0 Å². The molecule has 0 aliphatic rings. The summed E-state index contributed by atoms with van der Waals surface area (Å²) >= 11 is 0. The fourth-order valence-corrected chi connectivity index (χ4v) is 1.16. The van der Waals surface area contributed by atoms with E-state index in [9.17, 15) is 0 Å². The third-order valence-corrected chi connectivity index (χ3v) is 1.86. The van der Waals surface area contributed by atoms with Gasteiger partial charge < -0.3 is 16.2 Å². The average molecular weight is 244 g/mol. The third kappa shape index (κ3) is 5.92. The Labute approximate surface area is 108 Å². The molecule has 18 heavy (non-hydrogen) atoms. The van der Waals surface area contributed by atoms with E-state index in [0.29, 0.717) is 6.04 Å². The van der Waals surface area contributed by atoms with Crippen LogP contribution in [-0.4, -0.2) is 6.04 Å². The molecule has 0 aliphatic heterocycles. The zero-order valence-electron chi connectivity index (χ0n) is 10.8. The summed E-state index contributed by atoms with van der Waals surface area (Å²) in [6, 6.07) is 17.3. The lowest BCUT2D eigenvalue weighted by atomic mass is 10.3. The van der Waals surface area contributed by atoms with Crippen LogP contribution >= 0.6 is 0 Å². The van der Waals surface area contributed by atoms with Crippen molar-refractivity contribution < 1.29 is 4.74 Å². The quantitative estimate of drug-likeness (QED) is 0.796. The molecule has 0 aliphatic carbocycles. The van der Waals surface area contributed by atoms with Gasteiger partial charge in [0.2, 0.25) is 0 Å². The minimum absolute atomic E-state index is 0.333. The van der Waals surface area contributed by atoms with Gasteiger partial charge in [0.1, 0.15) is 11.5 Å². The first-order valence-corrected chi connectivity index (χ1v) is 5.92. The number of nitrogens with two attached hydrogens (primary N) is 2. The first kappa shape index (κ1) is 14.1. The van der Waals surface area contributed by atoms with Crippen LogP contribution in [0.2, 0.25) is 0 Å². The summed E-state index contributed by atoms with van der Waals surface area (Å²) in [5, 5.41) is 0. The van der Waals surface area contributed by atoms with Crippen molar-refractivity contribution in [3.63, 3.8) is 0 Å². The average Bonchev–Trinajstić information content (AvgIpc) is 2.33. The molecule has 0 spiro atoms. The molecule has 3 nitrogen and oxygen atoms in total. The van der Waals surface area contributed by atoms with Crippen molar-refractivity contribution in [2.24, 2.45) is 5.73 Å². The summed E-state index contributed by atoms with van der Waals surface area (Å²) in [7, 11) is 0. The maximum Gasteiger partial charge on any atom is 0.127 e. The van der Waals surface area contributed by atoms with Crippen molar-refractivity contribution in [1.82, 2.24) is 0 Å².